The SMILES string of the molecule is Nc1cc(O)c(/N=N/c2ccc(S(=O)(=O)CCOSOOO)cc2S(=O)(=O)O)cc1/N=N/c1cc(Nc2cc(F)nc(F)n2)ccc1S(=O)(=O)O. The molecule has 1 aromatic heterocycles. The van der Waals surface area contributed by atoms with E-state index in [2.05, 4.69) is 49.3 Å². The van der Waals surface area contributed by atoms with Gasteiger partial charge in [-0.3, -0.25) is 13.3 Å². The van der Waals surface area contributed by atoms with Gasteiger partial charge in [-0.2, -0.15) is 35.6 Å². The standard InChI is InChI=1S/C24H20F2N8O13S4/c25-22-11-23(30-24(26)29-22)28-12-1-4-20(50(39,40)41)18(7-12)34-32-16-10-17(19(35)9-14(16)27)33-31-15-3-2-13(8-21(15)51(42,43)44)49(37,38)6-5-45-48-47-46-36/h1-4,7-11,35-36H,5-6,27H2,(H,28,29,30)(H,39,40,41)(H,42,43,44)/b33-31+,34-32+. The van der Waals surface area contributed by atoms with Crippen molar-refractivity contribution in [1.82, 2.24) is 9.97 Å². The lowest BCUT2D eigenvalue weighted by molar-refractivity contribution is -0.434. The molecule has 0 saturated heterocycles. The summed E-state index contributed by atoms with van der Waals surface area (Å²) in [6.45, 7) is -0.500. The van der Waals surface area contributed by atoms with Gasteiger partial charge in [0, 0.05) is 17.8 Å². The molecule has 0 bridgehead atoms. The van der Waals surface area contributed by atoms with E-state index in [0.29, 0.717) is 6.07 Å². The van der Waals surface area contributed by atoms with E-state index in [9.17, 15) is 48.2 Å². The van der Waals surface area contributed by atoms with Gasteiger partial charge in [0.1, 0.15) is 44.1 Å². The summed E-state index contributed by atoms with van der Waals surface area (Å²) in [5.41, 5.74) is 3.80. The van der Waals surface area contributed by atoms with Gasteiger partial charge in [-0.15, -0.1) is 24.8 Å². The molecule has 21 nitrogen and oxygen atoms in total. The van der Waals surface area contributed by atoms with E-state index >= 15 is 0 Å². The molecule has 0 aliphatic carbocycles. The van der Waals surface area contributed by atoms with E-state index in [1.54, 1.807) is 0 Å². The number of phenols is 1. The first-order valence-corrected chi connectivity index (χ1v) is 18.2. The van der Waals surface area contributed by atoms with Crippen LogP contribution in [0, 0.1) is 12.0 Å². The summed E-state index contributed by atoms with van der Waals surface area (Å²) in [6.07, 6.45) is -1.40. The Bertz CT molecular complexity index is 2330. The van der Waals surface area contributed by atoms with E-state index in [4.69, 9.17) is 11.0 Å². The summed E-state index contributed by atoms with van der Waals surface area (Å²) in [7, 11) is -14.2. The number of azo groups is 2. The highest BCUT2D eigenvalue weighted by molar-refractivity contribution is 7.91. The second-order valence-electron chi connectivity index (χ2n) is 9.38. The van der Waals surface area contributed by atoms with Gasteiger partial charge in [0.2, 0.25) is 5.95 Å². The number of aromatic hydroxyl groups is 1. The summed E-state index contributed by atoms with van der Waals surface area (Å²) in [6, 6.07) is 8.04. The van der Waals surface area contributed by atoms with Crippen LogP contribution in [0.1, 0.15) is 0 Å². The summed E-state index contributed by atoms with van der Waals surface area (Å²) in [5, 5.41) is 39.2. The number of sulfone groups is 1. The van der Waals surface area contributed by atoms with Gasteiger partial charge >= 0.3 is 6.08 Å². The van der Waals surface area contributed by atoms with Crippen molar-refractivity contribution in [2.45, 2.75) is 14.7 Å². The Labute approximate surface area is 289 Å². The van der Waals surface area contributed by atoms with Crippen LogP contribution in [0.2, 0.25) is 0 Å². The van der Waals surface area contributed by atoms with Gasteiger partial charge in [-0.25, -0.2) is 13.7 Å². The van der Waals surface area contributed by atoms with Crippen LogP contribution in [0.5, 0.6) is 5.75 Å². The van der Waals surface area contributed by atoms with Crippen molar-refractivity contribution >= 4 is 82.3 Å². The molecule has 0 aliphatic rings. The Morgan fingerprint density at radius 1 is 0.804 bits per heavy atom. The number of rotatable bonds is 15. The van der Waals surface area contributed by atoms with Crippen LogP contribution in [0.3, 0.4) is 0 Å². The van der Waals surface area contributed by atoms with E-state index in [-0.39, 0.29) is 35.2 Å². The maximum absolute atomic E-state index is 13.5. The quantitative estimate of drug-likeness (QED) is 0.0107. The number of aromatic nitrogens is 2. The van der Waals surface area contributed by atoms with E-state index in [0.717, 1.165) is 48.5 Å². The highest BCUT2D eigenvalue weighted by Crippen LogP contribution is 2.39. The zero-order valence-electron chi connectivity index (χ0n) is 24.7. The average molecular weight is 795 g/mol. The van der Waals surface area contributed by atoms with Crippen LogP contribution in [-0.2, 0) is 43.6 Å². The smallest absolute Gasteiger partial charge is 0.313 e. The minimum atomic E-state index is -5.11. The zero-order chi connectivity index (χ0) is 37.6. The Kier molecular flexibility index (Phi) is 12.2. The fourth-order valence-electron chi connectivity index (χ4n) is 3.76. The number of nitrogens with two attached hydrogens (primary N) is 1. The number of phenolic OH excluding ortho intramolecular Hbond substituents is 1. The summed E-state index contributed by atoms with van der Waals surface area (Å²) < 4.78 is 128. The predicted octanol–water partition coefficient (Wildman–Crippen LogP) is 4.89. The first kappa shape index (κ1) is 39.0. The number of hydrogen-bond acceptors (Lipinski definition) is 20. The molecule has 0 unspecified atom stereocenters. The number of nitrogens with one attached hydrogen (secondary N) is 1. The molecule has 0 atom stereocenters. The molecule has 51 heavy (non-hydrogen) atoms. The largest absolute Gasteiger partial charge is 0.506 e. The summed E-state index contributed by atoms with van der Waals surface area (Å²) >= 11 is 0.109. The summed E-state index contributed by atoms with van der Waals surface area (Å²) in [4.78, 5) is 3.87. The van der Waals surface area contributed by atoms with Crippen molar-refractivity contribution in [3.8, 4) is 5.75 Å². The number of anilines is 3. The second-order valence-corrected chi connectivity index (χ2v) is 14.8. The van der Waals surface area contributed by atoms with Crippen molar-refractivity contribution in [3.05, 3.63) is 66.6 Å². The van der Waals surface area contributed by atoms with Crippen LogP contribution < -0.4 is 11.1 Å². The molecule has 3 aromatic carbocycles. The molecule has 0 saturated carbocycles. The van der Waals surface area contributed by atoms with Crippen molar-refractivity contribution in [3.63, 3.8) is 0 Å². The molecule has 27 heteroatoms. The van der Waals surface area contributed by atoms with E-state index < -0.39 is 92.0 Å². The molecule has 272 valence electrons. The zero-order valence-corrected chi connectivity index (χ0v) is 28.0. The Hall–Kier alpha value is -4.84. The molecule has 7 N–H and O–H groups in total. The third-order valence-corrected chi connectivity index (χ3v) is 9.78. The number of nitrogens with zero attached hydrogens (tertiary/aromatic N) is 6. The van der Waals surface area contributed by atoms with Gasteiger partial charge in [-0.1, -0.05) is 5.04 Å². The molecule has 0 fully saturated rings. The molecule has 0 amide bonds. The average Bonchev–Trinajstić information content (AvgIpc) is 3.02. The summed E-state index contributed by atoms with van der Waals surface area (Å²) in [5.74, 6) is -2.91. The lowest BCUT2D eigenvalue weighted by atomic mass is 10.2. The first-order chi connectivity index (χ1) is 23.9. The Balaban J connectivity index is 1.66. The predicted molar refractivity (Wildman–Crippen MR) is 169 cm³/mol. The maximum atomic E-state index is 13.5. The van der Waals surface area contributed by atoms with Crippen molar-refractivity contribution in [2.75, 3.05) is 23.4 Å². The third kappa shape index (κ3) is 10.6. The lowest BCUT2D eigenvalue weighted by Crippen LogP contribution is -2.12. The normalized spacial score (nSPS) is 12.6. The van der Waals surface area contributed by atoms with Crippen LogP contribution in [0.4, 0.5) is 48.7 Å². The first-order valence-electron chi connectivity index (χ1n) is 13.0. The monoisotopic (exact) mass is 794 g/mol. The molecule has 1 heterocycles. The van der Waals surface area contributed by atoms with Crippen molar-refractivity contribution < 1.29 is 67.1 Å². The minimum absolute atomic E-state index is 0.0226. The maximum Gasteiger partial charge on any atom is 0.313 e. The fraction of sp³-hybridized carbons (Fsp3) is 0.0833. The van der Waals surface area contributed by atoms with Crippen LogP contribution in [0.25, 0.3) is 0 Å². The minimum Gasteiger partial charge on any atom is -0.506 e. The van der Waals surface area contributed by atoms with Gasteiger partial charge in [-0.05, 0) is 42.5 Å². The molecule has 0 aliphatic heterocycles. The highest BCUT2D eigenvalue weighted by Gasteiger charge is 2.23. The molecule has 4 rings (SSSR count). The highest BCUT2D eigenvalue weighted by atomic mass is 32.2. The number of halogens is 2. The lowest BCUT2D eigenvalue weighted by Gasteiger charge is -2.09. The van der Waals surface area contributed by atoms with Gasteiger partial charge in [0.25, 0.3) is 20.2 Å². The van der Waals surface area contributed by atoms with Crippen LogP contribution in [0.15, 0.2) is 89.7 Å². The number of hydrogen-bond donors (Lipinski definition) is 6. The Morgan fingerprint density at radius 3 is 2.14 bits per heavy atom. The third-order valence-electron chi connectivity index (χ3n) is 5.94. The Morgan fingerprint density at radius 2 is 1.47 bits per heavy atom. The second kappa shape index (κ2) is 16.0. The molecule has 4 aromatic rings. The van der Waals surface area contributed by atoms with Crippen molar-refractivity contribution in [1.29, 1.82) is 0 Å². The fourth-order valence-corrected chi connectivity index (χ4v) is 6.52. The van der Waals surface area contributed by atoms with Gasteiger partial charge in [0.15, 0.2) is 22.2 Å². The molecule has 0 spiro atoms. The van der Waals surface area contributed by atoms with Gasteiger partial charge in [0.05, 0.1) is 22.9 Å². The van der Waals surface area contributed by atoms with E-state index in [1.807, 2.05) is 0 Å². The number of benzene rings is 3. The topological polar surface area (TPSA) is 324 Å². The molecule has 0 radical (unpaired) electrons. The molecular formula is C24H20F2N8O13S4. The van der Waals surface area contributed by atoms with Crippen LogP contribution >= 0.6 is 12.3 Å². The van der Waals surface area contributed by atoms with Crippen LogP contribution in [-0.4, -0.2) is 67.1 Å². The van der Waals surface area contributed by atoms with E-state index in [1.165, 1.54) is 0 Å². The van der Waals surface area contributed by atoms with Crippen molar-refractivity contribution in [2.24, 2.45) is 20.5 Å². The van der Waals surface area contributed by atoms with Gasteiger partial charge < -0.3 is 16.2 Å². The number of nitrogen functional groups attached to an aromatic ring is 1. The molecular weight excluding hydrogens is 775 g/mol.